The summed E-state index contributed by atoms with van der Waals surface area (Å²) in [6.07, 6.45) is 3.39. The van der Waals surface area contributed by atoms with Crippen LogP contribution >= 0.6 is 11.3 Å². The SMILES string of the molecule is Cc1oc(=O)oc1COC(=O)c1sc(C(C)(C)C)cc1N(CC(=O)N1CCOCC1)C(=O)C1CCC(C)CC1. The van der Waals surface area contributed by atoms with Crippen molar-refractivity contribution in [2.24, 2.45) is 11.8 Å². The number of thiophene rings is 1. The molecule has 3 heterocycles. The van der Waals surface area contributed by atoms with Gasteiger partial charge in [-0.3, -0.25) is 9.59 Å². The zero-order valence-electron chi connectivity index (χ0n) is 23.4. The molecule has 0 aromatic carbocycles. The third kappa shape index (κ3) is 7.00. The Morgan fingerprint density at radius 3 is 2.36 bits per heavy atom. The molecule has 0 bridgehead atoms. The lowest BCUT2D eigenvalue weighted by Crippen LogP contribution is -2.49. The molecule has 0 N–H and O–H groups in total. The zero-order chi connectivity index (χ0) is 28.3. The van der Waals surface area contributed by atoms with Gasteiger partial charge in [-0.05, 0) is 50.0 Å². The van der Waals surface area contributed by atoms with Crippen molar-refractivity contribution in [2.75, 3.05) is 37.7 Å². The summed E-state index contributed by atoms with van der Waals surface area (Å²) in [6, 6.07) is 1.83. The van der Waals surface area contributed by atoms with Crippen molar-refractivity contribution in [2.45, 2.75) is 72.3 Å². The van der Waals surface area contributed by atoms with E-state index < -0.39 is 11.8 Å². The summed E-state index contributed by atoms with van der Waals surface area (Å²) >= 11 is 1.25. The number of morpholine rings is 1. The fraction of sp³-hybridized carbons (Fsp3) is 0.643. The minimum atomic E-state index is -0.870. The number of carbonyl (C=O) groups is 3. The number of nitrogens with zero attached hydrogens (tertiary/aromatic N) is 2. The van der Waals surface area contributed by atoms with Crippen LogP contribution in [0.25, 0.3) is 0 Å². The maximum absolute atomic E-state index is 14.0. The molecule has 1 aliphatic carbocycles. The number of hydrogen-bond donors (Lipinski definition) is 0. The maximum atomic E-state index is 14.0. The van der Waals surface area contributed by atoms with Crippen molar-refractivity contribution in [3.05, 3.63) is 38.0 Å². The molecule has 10 nitrogen and oxygen atoms in total. The van der Waals surface area contributed by atoms with Crippen molar-refractivity contribution in [1.29, 1.82) is 0 Å². The number of esters is 1. The topological polar surface area (TPSA) is 120 Å². The number of rotatable bonds is 7. The summed E-state index contributed by atoms with van der Waals surface area (Å²) in [5.74, 6) is -1.18. The van der Waals surface area contributed by atoms with Crippen molar-refractivity contribution in [1.82, 2.24) is 4.90 Å². The van der Waals surface area contributed by atoms with E-state index in [0.717, 1.165) is 30.6 Å². The van der Waals surface area contributed by atoms with E-state index in [0.29, 0.717) is 37.9 Å². The van der Waals surface area contributed by atoms with Crippen LogP contribution < -0.4 is 10.7 Å². The summed E-state index contributed by atoms with van der Waals surface area (Å²) in [5.41, 5.74) is 0.0697. The Kier molecular flexibility index (Phi) is 9.00. The number of amides is 2. The van der Waals surface area contributed by atoms with Crippen LogP contribution in [-0.2, 0) is 31.1 Å². The van der Waals surface area contributed by atoms with Crippen LogP contribution in [0.5, 0.6) is 0 Å². The highest BCUT2D eigenvalue weighted by atomic mass is 32.1. The van der Waals surface area contributed by atoms with Crippen molar-refractivity contribution < 1.29 is 32.7 Å². The first-order chi connectivity index (χ1) is 18.4. The summed E-state index contributed by atoms with van der Waals surface area (Å²) in [6.45, 7) is 11.2. The first-order valence-electron chi connectivity index (χ1n) is 13.5. The highest BCUT2D eigenvalue weighted by Crippen LogP contribution is 2.40. The third-order valence-electron chi connectivity index (χ3n) is 7.39. The van der Waals surface area contributed by atoms with E-state index in [1.54, 1.807) is 11.8 Å². The molecular weight excluding hydrogens is 524 g/mol. The normalized spacial score (nSPS) is 20.1. The van der Waals surface area contributed by atoms with Crippen LogP contribution in [0, 0.1) is 18.8 Å². The van der Waals surface area contributed by atoms with Crippen LogP contribution in [0.1, 0.15) is 79.4 Å². The zero-order valence-corrected chi connectivity index (χ0v) is 24.2. The largest absolute Gasteiger partial charge is 0.519 e. The van der Waals surface area contributed by atoms with Gasteiger partial charge in [0.2, 0.25) is 11.8 Å². The van der Waals surface area contributed by atoms with E-state index in [1.165, 1.54) is 16.2 Å². The van der Waals surface area contributed by atoms with Crippen molar-refractivity contribution in [3.63, 3.8) is 0 Å². The third-order valence-corrected chi connectivity index (χ3v) is 8.92. The second-order valence-electron chi connectivity index (χ2n) is 11.5. The molecule has 1 aliphatic heterocycles. The molecule has 39 heavy (non-hydrogen) atoms. The lowest BCUT2D eigenvalue weighted by molar-refractivity contribution is -0.135. The summed E-state index contributed by atoms with van der Waals surface area (Å²) < 4.78 is 20.7. The van der Waals surface area contributed by atoms with E-state index in [2.05, 4.69) is 6.92 Å². The lowest BCUT2D eigenvalue weighted by atomic mass is 9.82. The minimum Gasteiger partial charge on any atom is -0.453 e. The summed E-state index contributed by atoms with van der Waals surface area (Å²) in [4.78, 5) is 56.5. The molecule has 2 amide bonds. The molecule has 4 rings (SSSR count). The fourth-order valence-corrected chi connectivity index (χ4v) is 5.97. The first-order valence-corrected chi connectivity index (χ1v) is 14.3. The molecule has 2 aliphatic rings. The number of anilines is 1. The number of hydrogen-bond acceptors (Lipinski definition) is 9. The molecule has 1 saturated heterocycles. The van der Waals surface area contributed by atoms with Gasteiger partial charge in [0.1, 0.15) is 11.4 Å². The summed E-state index contributed by atoms with van der Waals surface area (Å²) in [7, 11) is 0. The van der Waals surface area contributed by atoms with Gasteiger partial charge in [-0.1, -0.05) is 27.7 Å². The highest BCUT2D eigenvalue weighted by molar-refractivity contribution is 7.14. The van der Waals surface area contributed by atoms with Crippen molar-refractivity contribution >= 4 is 34.8 Å². The number of ether oxygens (including phenoxy) is 2. The molecule has 11 heteroatoms. The van der Waals surface area contributed by atoms with Gasteiger partial charge >= 0.3 is 11.8 Å². The van der Waals surface area contributed by atoms with Crippen LogP contribution in [0.3, 0.4) is 0 Å². The van der Waals surface area contributed by atoms with Gasteiger partial charge < -0.3 is 28.1 Å². The second-order valence-corrected chi connectivity index (χ2v) is 12.5. The quantitative estimate of drug-likeness (QED) is 0.459. The second kappa shape index (κ2) is 12.1. The molecule has 214 valence electrons. The molecule has 0 spiro atoms. The van der Waals surface area contributed by atoms with E-state index in [1.807, 2.05) is 26.8 Å². The highest BCUT2D eigenvalue weighted by Gasteiger charge is 2.35. The van der Waals surface area contributed by atoms with Crippen LogP contribution in [0.4, 0.5) is 5.69 Å². The molecule has 2 aromatic heterocycles. The average molecular weight is 563 g/mol. The van der Waals surface area contributed by atoms with E-state index in [4.69, 9.17) is 18.3 Å². The average Bonchev–Trinajstić information content (AvgIpc) is 3.49. The molecule has 2 fully saturated rings. The molecular formula is C28H38N2O8S. The Labute approximate surface area is 232 Å². The molecule has 2 aromatic rings. The standard InChI is InChI=1S/C28H38N2O8S/c1-17-6-8-19(9-7-17)25(32)30(15-23(31)29-10-12-35-13-11-29)20-14-22(28(3,4)5)39-24(20)26(33)36-16-21-18(2)37-27(34)38-21/h14,17,19H,6-13,15-16H2,1-5H3. The Balaban J connectivity index is 1.67. The predicted octanol–water partition coefficient (Wildman–Crippen LogP) is 4.28. The Hall–Kier alpha value is -2.92. The first kappa shape index (κ1) is 29.1. The minimum absolute atomic E-state index is 0.120. The molecule has 0 atom stereocenters. The van der Waals surface area contributed by atoms with Gasteiger partial charge in [-0.25, -0.2) is 9.59 Å². The van der Waals surface area contributed by atoms with E-state index in [9.17, 15) is 19.2 Å². The fourth-order valence-electron chi connectivity index (χ4n) is 4.86. The van der Waals surface area contributed by atoms with Crippen molar-refractivity contribution in [3.8, 4) is 0 Å². The van der Waals surface area contributed by atoms with Crippen LogP contribution in [0.15, 0.2) is 19.7 Å². The van der Waals surface area contributed by atoms with E-state index >= 15 is 0 Å². The van der Waals surface area contributed by atoms with Gasteiger partial charge in [0, 0.05) is 23.9 Å². The molecule has 0 radical (unpaired) electrons. The Morgan fingerprint density at radius 1 is 1.10 bits per heavy atom. The van der Waals surface area contributed by atoms with Gasteiger partial charge in [-0.2, -0.15) is 0 Å². The van der Waals surface area contributed by atoms with Gasteiger partial charge in [0.05, 0.1) is 18.9 Å². The molecule has 0 unspecified atom stereocenters. The van der Waals surface area contributed by atoms with E-state index in [-0.39, 0.29) is 52.7 Å². The van der Waals surface area contributed by atoms with Gasteiger partial charge in [0.25, 0.3) is 0 Å². The predicted molar refractivity (Wildman–Crippen MR) is 145 cm³/mol. The monoisotopic (exact) mass is 562 g/mol. The smallest absolute Gasteiger partial charge is 0.453 e. The van der Waals surface area contributed by atoms with Crippen LogP contribution in [0.2, 0.25) is 0 Å². The Morgan fingerprint density at radius 2 is 1.77 bits per heavy atom. The number of aryl methyl sites for hydroxylation is 1. The van der Waals surface area contributed by atoms with Gasteiger partial charge in [-0.15, -0.1) is 11.3 Å². The number of carbonyl (C=O) groups excluding carboxylic acids is 3. The lowest BCUT2D eigenvalue weighted by Gasteiger charge is -2.33. The molecule has 1 saturated carbocycles. The Bertz CT molecular complexity index is 1240. The summed E-state index contributed by atoms with van der Waals surface area (Å²) in [5, 5.41) is 0. The maximum Gasteiger partial charge on any atom is 0.519 e. The van der Waals surface area contributed by atoms with Gasteiger partial charge in [0.15, 0.2) is 18.1 Å². The van der Waals surface area contributed by atoms with Crippen LogP contribution in [-0.4, -0.2) is 55.5 Å².